The molecule has 0 amide bonds. The molecule has 84 valence electrons. The maximum atomic E-state index is 11.2. The summed E-state index contributed by atoms with van der Waals surface area (Å²) in [6, 6.07) is 3.73. The van der Waals surface area contributed by atoms with Crippen molar-refractivity contribution in [3.8, 4) is 0 Å². The van der Waals surface area contributed by atoms with Crippen molar-refractivity contribution in [1.82, 2.24) is 4.57 Å². The van der Waals surface area contributed by atoms with Crippen LogP contribution in [0.3, 0.4) is 0 Å². The van der Waals surface area contributed by atoms with Crippen molar-refractivity contribution in [1.29, 1.82) is 0 Å². The minimum absolute atomic E-state index is 0.105. The number of carbonyl (C=O) groups excluding carboxylic acids is 1. The molecule has 3 heteroatoms. The number of unbranched alkanes of at least 4 members (excludes halogenated alkanes) is 1. The third-order valence-electron chi connectivity index (χ3n) is 2.31. The van der Waals surface area contributed by atoms with Crippen LogP contribution in [-0.4, -0.2) is 23.6 Å². The van der Waals surface area contributed by atoms with Crippen LogP contribution in [0.4, 0.5) is 0 Å². The first-order valence-corrected chi connectivity index (χ1v) is 5.49. The summed E-state index contributed by atoms with van der Waals surface area (Å²) in [5, 5.41) is 0. The van der Waals surface area contributed by atoms with Crippen LogP contribution in [0.2, 0.25) is 0 Å². The predicted octanol–water partition coefficient (Wildman–Crippen LogP) is 2.51. The largest absolute Gasteiger partial charge is 0.380 e. The lowest BCUT2D eigenvalue weighted by Crippen LogP contribution is -2.10. The molecule has 0 N–H and O–H groups in total. The van der Waals surface area contributed by atoms with Gasteiger partial charge < -0.3 is 9.30 Å². The van der Waals surface area contributed by atoms with Gasteiger partial charge in [0.25, 0.3) is 0 Å². The molecule has 15 heavy (non-hydrogen) atoms. The van der Waals surface area contributed by atoms with E-state index in [0.717, 1.165) is 31.7 Å². The molecule has 3 nitrogen and oxygen atoms in total. The van der Waals surface area contributed by atoms with E-state index in [4.69, 9.17) is 4.74 Å². The minimum atomic E-state index is 0.105. The Morgan fingerprint density at radius 3 is 2.93 bits per heavy atom. The third kappa shape index (κ3) is 3.88. The molecule has 1 aromatic heterocycles. The molecule has 0 saturated carbocycles. The second-order valence-electron chi connectivity index (χ2n) is 3.61. The molecule has 0 aliphatic heterocycles. The van der Waals surface area contributed by atoms with Crippen molar-refractivity contribution < 1.29 is 9.53 Å². The first kappa shape index (κ1) is 12.0. The molecule has 0 radical (unpaired) electrons. The van der Waals surface area contributed by atoms with Crippen LogP contribution < -0.4 is 0 Å². The topological polar surface area (TPSA) is 31.2 Å². The Labute approximate surface area is 91.0 Å². The Balaban J connectivity index is 2.31. The van der Waals surface area contributed by atoms with Crippen molar-refractivity contribution >= 4 is 5.78 Å². The van der Waals surface area contributed by atoms with Gasteiger partial charge in [0, 0.05) is 26.3 Å². The Morgan fingerprint density at radius 1 is 1.47 bits per heavy atom. The van der Waals surface area contributed by atoms with E-state index in [1.165, 1.54) is 0 Å². The molecule has 0 aromatic carbocycles. The average molecular weight is 209 g/mol. The molecule has 1 heterocycles. The number of hydrogen-bond acceptors (Lipinski definition) is 2. The van der Waals surface area contributed by atoms with Gasteiger partial charge in [-0.1, -0.05) is 13.3 Å². The fourth-order valence-electron chi connectivity index (χ4n) is 1.44. The molecule has 1 aromatic rings. The second kappa shape index (κ2) is 6.40. The highest BCUT2D eigenvalue weighted by atomic mass is 16.5. The highest BCUT2D eigenvalue weighted by Crippen LogP contribution is 2.03. The Kier molecular flexibility index (Phi) is 5.12. The van der Waals surface area contributed by atoms with Crippen LogP contribution >= 0.6 is 0 Å². The van der Waals surface area contributed by atoms with Gasteiger partial charge in [-0.25, -0.2) is 0 Å². The van der Waals surface area contributed by atoms with Crippen molar-refractivity contribution in [2.45, 2.75) is 33.2 Å². The summed E-state index contributed by atoms with van der Waals surface area (Å²) in [7, 11) is 0. The van der Waals surface area contributed by atoms with Crippen LogP contribution in [0.1, 0.15) is 37.2 Å². The molecule has 0 fully saturated rings. The zero-order valence-electron chi connectivity index (χ0n) is 9.53. The van der Waals surface area contributed by atoms with Gasteiger partial charge in [0.2, 0.25) is 0 Å². The summed E-state index contributed by atoms with van der Waals surface area (Å²) < 4.78 is 7.39. The maximum Gasteiger partial charge on any atom is 0.176 e. The lowest BCUT2D eigenvalue weighted by molar-refractivity contribution is 0.0995. The summed E-state index contributed by atoms with van der Waals surface area (Å²) in [5.41, 5.74) is 0.758. The second-order valence-corrected chi connectivity index (χ2v) is 3.61. The maximum absolute atomic E-state index is 11.2. The van der Waals surface area contributed by atoms with E-state index < -0.39 is 0 Å². The standard InChI is InChI=1S/C12H19NO2/c1-3-4-9-15-10-8-13-7-5-6-12(13)11(2)14/h5-7H,3-4,8-10H2,1-2H3. The summed E-state index contributed by atoms with van der Waals surface area (Å²) in [6.07, 6.45) is 4.17. The van der Waals surface area contributed by atoms with Crippen LogP contribution in [0.25, 0.3) is 0 Å². The average Bonchev–Trinajstić information content (AvgIpc) is 2.66. The fourth-order valence-corrected chi connectivity index (χ4v) is 1.44. The number of rotatable bonds is 7. The first-order chi connectivity index (χ1) is 7.25. The molecule has 0 unspecified atom stereocenters. The quantitative estimate of drug-likeness (QED) is 0.510. The van der Waals surface area contributed by atoms with Crippen molar-refractivity contribution in [2.24, 2.45) is 0 Å². The van der Waals surface area contributed by atoms with E-state index >= 15 is 0 Å². The summed E-state index contributed by atoms with van der Waals surface area (Å²) >= 11 is 0. The summed E-state index contributed by atoms with van der Waals surface area (Å²) in [6.45, 7) is 5.97. The lowest BCUT2D eigenvalue weighted by atomic mass is 10.3. The van der Waals surface area contributed by atoms with E-state index in [1.54, 1.807) is 6.92 Å². The van der Waals surface area contributed by atoms with Crippen LogP contribution in [-0.2, 0) is 11.3 Å². The number of hydrogen-bond donors (Lipinski definition) is 0. The fraction of sp³-hybridized carbons (Fsp3) is 0.583. The van der Waals surface area contributed by atoms with Crippen molar-refractivity contribution in [2.75, 3.05) is 13.2 Å². The Morgan fingerprint density at radius 2 is 2.27 bits per heavy atom. The van der Waals surface area contributed by atoms with E-state index in [2.05, 4.69) is 6.92 Å². The number of ketones is 1. The van der Waals surface area contributed by atoms with E-state index in [-0.39, 0.29) is 5.78 Å². The normalized spacial score (nSPS) is 10.5. The number of nitrogens with zero attached hydrogens (tertiary/aromatic N) is 1. The van der Waals surface area contributed by atoms with Crippen LogP contribution in [0.15, 0.2) is 18.3 Å². The van der Waals surface area contributed by atoms with Gasteiger partial charge >= 0.3 is 0 Å². The molecule has 1 rings (SSSR count). The van der Waals surface area contributed by atoms with Gasteiger partial charge in [0.1, 0.15) is 0 Å². The van der Waals surface area contributed by atoms with Gasteiger partial charge in [-0.15, -0.1) is 0 Å². The minimum Gasteiger partial charge on any atom is -0.380 e. The molecule has 0 spiro atoms. The molecule has 0 saturated heterocycles. The summed E-state index contributed by atoms with van der Waals surface area (Å²) in [5.74, 6) is 0.105. The first-order valence-electron chi connectivity index (χ1n) is 5.49. The Bertz CT molecular complexity index is 304. The number of ether oxygens (including phenoxy) is 1. The van der Waals surface area contributed by atoms with Gasteiger partial charge in [0.05, 0.1) is 12.3 Å². The van der Waals surface area contributed by atoms with Crippen molar-refractivity contribution in [3.63, 3.8) is 0 Å². The van der Waals surface area contributed by atoms with Crippen LogP contribution in [0.5, 0.6) is 0 Å². The molecule has 0 aliphatic rings. The molecule has 0 aliphatic carbocycles. The van der Waals surface area contributed by atoms with Gasteiger partial charge in [-0.05, 0) is 18.6 Å². The molecule has 0 atom stereocenters. The summed E-state index contributed by atoms with van der Waals surface area (Å²) in [4.78, 5) is 11.2. The third-order valence-corrected chi connectivity index (χ3v) is 2.31. The SMILES string of the molecule is CCCCOCCn1cccc1C(C)=O. The van der Waals surface area contributed by atoms with E-state index in [1.807, 2.05) is 22.9 Å². The number of carbonyl (C=O) groups is 1. The van der Waals surface area contributed by atoms with E-state index in [0.29, 0.717) is 6.61 Å². The number of Topliss-reactive ketones (excluding diaryl/α,β-unsaturated/α-hetero) is 1. The number of aromatic nitrogens is 1. The van der Waals surface area contributed by atoms with Gasteiger partial charge in [-0.3, -0.25) is 4.79 Å². The predicted molar refractivity (Wildman–Crippen MR) is 60.2 cm³/mol. The van der Waals surface area contributed by atoms with E-state index in [9.17, 15) is 4.79 Å². The monoisotopic (exact) mass is 209 g/mol. The highest BCUT2D eigenvalue weighted by Gasteiger charge is 2.04. The smallest absolute Gasteiger partial charge is 0.176 e. The lowest BCUT2D eigenvalue weighted by Gasteiger charge is -2.07. The van der Waals surface area contributed by atoms with Crippen LogP contribution in [0, 0.1) is 0 Å². The van der Waals surface area contributed by atoms with Crippen molar-refractivity contribution in [3.05, 3.63) is 24.0 Å². The zero-order chi connectivity index (χ0) is 11.1. The zero-order valence-corrected chi connectivity index (χ0v) is 9.53. The molecular weight excluding hydrogens is 190 g/mol. The molecular formula is C12H19NO2. The Hall–Kier alpha value is -1.09. The molecule has 0 bridgehead atoms. The van der Waals surface area contributed by atoms with Gasteiger partial charge in [-0.2, -0.15) is 0 Å². The van der Waals surface area contributed by atoms with Gasteiger partial charge in [0.15, 0.2) is 5.78 Å². The highest BCUT2D eigenvalue weighted by molar-refractivity contribution is 5.92.